The van der Waals surface area contributed by atoms with Crippen molar-refractivity contribution in [2.75, 3.05) is 26.2 Å². The number of hydrogen-bond acceptors (Lipinski definition) is 3. The van der Waals surface area contributed by atoms with E-state index < -0.39 is 0 Å². The fourth-order valence-electron chi connectivity index (χ4n) is 0.943. The first-order valence-corrected chi connectivity index (χ1v) is 3.53. The number of hydrogen-bond donors (Lipinski definition) is 2. The Balaban J connectivity index is 2.35. The lowest BCUT2D eigenvalue weighted by Crippen LogP contribution is -2.42. The Kier molecular flexibility index (Phi) is 2.65. The third-order valence-corrected chi connectivity index (χ3v) is 1.50. The first-order chi connectivity index (χ1) is 4.80. The Morgan fingerprint density at radius 1 is 1.40 bits per heavy atom. The molecule has 0 unspecified atom stereocenters. The fraction of sp³-hybridized carbons (Fsp3) is 0.833. The van der Waals surface area contributed by atoms with Crippen molar-refractivity contribution in [3.8, 4) is 0 Å². The summed E-state index contributed by atoms with van der Waals surface area (Å²) in [6.07, 6.45) is 0. The number of nitrogens with zero attached hydrogens (tertiary/aromatic N) is 1. The van der Waals surface area contributed by atoms with Gasteiger partial charge in [0.15, 0.2) is 0 Å². The van der Waals surface area contributed by atoms with Crippen LogP contribution in [-0.2, 0) is 4.79 Å². The van der Waals surface area contributed by atoms with Crippen LogP contribution >= 0.6 is 0 Å². The summed E-state index contributed by atoms with van der Waals surface area (Å²) < 4.78 is 0. The second kappa shape index (κ2) is 3.53. The van der Waals surface area contributed by atoms with Crippen LogP contribution in [0.3, 0.4) is 0 Å². The average molecular weight is 143 g/mol. The van der Waals surface area contributed by atoms with Gasteiger partial charge in [0, 0.05) is 33.1 Å². The van der Waals surface area contributed by atoms with Gasteiger partial charge in [-0.3, -0.25) is 9.80 Å². The largest absolute Gasteiger partial charge is 0.314 e. The highest BCUT2D eigenvalue weighted by molar-refractivity contribution is 5.72. The number of nitrogens with one attached hydrogen (secondary N) is 2. The van der Waals surface area contributed by atoms with Crippen LogP contribution in [0.1, 0.15) is 6.92 Å². The first kappa shape index (κ1) is 7.50. The van der Waals surface area contributed by atoms with Crippen molar-refractivity contribution in [1.29, 1.82) is 0 Å². The number of amides is 1. The predicted octanol–water partition coefficient (Wildman–Crippen LogP) is -1.06. The summed E-state index contributed by atoms with van der Waals surface area (Å²) in [4.78, 5) is 10.8. The molecule has 58 valence electrons. The van der Waals surface area contributed by atoms with Gasteiger partial charge < -0.3 is 5.32 Å². The normalized spacial score (nSPS) is 20.3. The van der Waals surface area contributed by atoms with Gasteiger partial charge in [-0.15, -0.1) is 0 Å². The molecule has 0 aromatic rings. The van der Waals surface area contributed by atoms with Crippen molar-refractivity contribution < 1.29 is 4.79 Å². The van der Waals surface area contributed by atoms with E-state index in [4.69, 9.17) is 0 Å². The zero-order valence-electron chi connectivity index (χ0n) is 6.18. The maximum atomic E-state index is 10.8. The third-order valence-electron chi connectivity index (χ3n) is 1.50. The summed E-state index contributed by atoms with van der Waals surface area (Å²) >= 11 is 0. The Bertz CT molecular complexity index is 118. The molecule has 1 heterocycles. The molecule has 1 amide bonds. The Labute approximate surface area is 60.5 Å². The lowest BCUT2D eigenvalue weighted by molar-refractivity contribution is -0.131. The molecule has 1 rings (SSSR count). The quantitative estimate of drug-likeness (QED) is 0.454. The third kappa shape index (κ3) is 1.97. The molecule has 4 nitrogen and oxygen atoms in total. The lowest BCUT2D eigenvalue weighted by Gasteiger charge is -2.17. The first-order valence-electron chi connectivity index (χ1n) is 3.53. The van der Waals surface area contributed by atoms with Crippen LogP contribution in [-0.4, -0.2) is 37.1 Å². The molecule has 4 heteroatoms. The van der Waals surface area contributed by atoms with Crippen LogP contribution in [0.25, 0.3) is 0 Å². The lowest BCUT2D eigenvalue weighted by atomic mass is 10.5. The molecule has 0 atom stereocenters. The van der Waals surface area contributed by atoms with Crippen molar-refractivity contribution >= 4 is 5.91 Å². The number of rotatable bonds is 0. The summed E-state index contributed by atoms with van der Waals surface area (Å²) in [5.74, 6) is 0.0868. The van der Waals surface area contributed by atoms with E-state index in [1.165, 1.54) is 0 Å². The highest BCUT2D eigenvalue weighted by atomic mass is 16.2. The molecular weight excluding hydrogens is 130 g/mol. The minimum Gasteiger partial charge on any atom is -0.314 e. The van der Waals surface area contributed by atoms with E-state index in [1.54, 1.807) is 11.9 Å². The van der Waals surface area contributed by atoms with Crippen molar-refractivity contribution in [2.45, 2.75) is 6.92 Å². The van der Waals surface area contributed by atoms with Gasteiger partial charge in [-0.2, -0.15) is 0 Å². The van der Waals surface area contributed by atoms with E-state index in [2.05, 4.69) is 10.7 Å². The molecular formula is C6H13N3O. The zero-order valence-corrected chi connectivity index (χ0v) is 6.18. The standard InChI is InChI=1S/C6H13N3O/c1-6(10)9-5-4-7-2-3-8-9/h7-8H,2-5H2,1H3. The molecule has 1 aliphatic heterocycles. The van der Waals surface area contributed by atoms with E-state index in [9.17, 15) is 4.79 Å². The second-order valence-corrected chi connectivity index (χ2v) is 2.33. The Morgan fingerprint density at radius 2 is 2.20 bits per heavy atom. The monoisotopic (exact) mass is 143 g/mol. The van der Waals surface area contributed by atoms with E-state index in [0.29, 0.717) is 0 Å². The van der Waals surface area contributed by atoms with Gasteiger partial charge in [0.05, 0.1) is 0 Å². The SMILES string of the molecule is CC(=O)N1CCNCCN1. The van der Waals surface area contributed by atoms with Crippen LogP contribution in [0, 0.1) is 0 Å². The Hall–Kier alpha value is -0.610. The van der Waals surface area contributed by atoms with Crippen LogP contribution < -0.4 is 10.7 Å². The van der Waals surface area contributed by atoms with E-state index in [-0.39, 0.29) is 5.91 Å². The minimum atomic E-state index is 0.0868. The Morgan fingerprint density at radius 3 is 2.90 bits per heavy atom. The molecule has 2 N–H and O–H groups in total. The van der Waals surface area contributed by atoms with Crippen LogP contribution in [0.5, 0.6) is 0 Å². The van der Waals surface area contributed by atoms with Crippen molar-refractivity contribution in [1.82, 2.24) is 15.8 Å². The summed E-state index contributed by atoms with van der Waals surface area (Å²) in [5, 5.41) is 4.81. The molecule has 1 fully saturated rings. The molecule has 1 aliphatic rings. The molecule has 0 aliphatic carbocycles. The van der Waals surface area contributed by atoms with Gasteiger partial charge in [0.1, 0.15) is 0 Å². The maximum Gasteiger partial charge on any atom is 0.233 e. The van der Waals surface area contributed by atoms with Gasteiger partial charge in [0.25, 0.3) is 0 Å². The molecule has 0 saturated carbocycles. The van der Waals surface area contributed by atoms with Gasteiger partial charge >= 0.3 is 0 Å². The van der Waals surface area contributed by atoms with Crippen molar-refractivity contribution in [2.24, 2.45) is 0 Å². The summed E-state index contributed by atoms with van der Waals surface area (Å²) in [7, 11) is 0. The van der Waals surface area contributed by atoms with Gasteiger partial charge in [0.2, 0.25) is 5.91 Å². The smallest absolute Gasteiger partial charge is 0.233 e. The van der Waals surface area contributed by atoms with Gasteiger partial charge in [-0.1, -0.05) is 0 Å². The zero-order chi connectivity index (χ0) is 7.40. The molecule has 0 bridgehead atoms. The van der Waals surface area contributed by atoms with E-state index in [1.807, 2.05) is 0 Å². The molecule has 0 spiro atoms. The van der Waals surface area contributed by atoms with Crippen LogP contribution in [0.4, 0.5) is 0 Å². The number of carbonyl (C=O) groups excluding carboxylic acids is 1. The van der Waals surface area contributed by atoms with Crippen molar-refractivity contribution in [3.05, 3.63) is 0 Å². The molecule has 0 aromatic heterocycles. The average Bonchev–Trinajstić information content (AvgIpc) is 2.12. The maximum absolute atomic E-state index is 10.8. The highest BCUT2D eigenvalue weighted by Gasteiger charge is 2.08. The second-order valence-electron chi connectivity index (χ2n) is 2.33. The minimum absolute atomic E-state index is 0.0868. The summed E-state index contributed by atoms with van der Waals surface area (Å²) in [6, 6.07) is 0. The molecule has 1 saturated heterocycles. The predicted molar refractivity (Wildman–Crippen MR) is 38.3 cm³/mol. The van der Waals surface area contributed by atoms with Gasteiger partial charge in [-0.25, -0.2) is 5.43 Å². The summed E-state index contributed by atoms with van der Waals surface area (Å²) in [5.41, 5.74) is 3.00. The van der Waals surface area contributed by atoms with E-state index >= 15 is 0 Å². The van der Waals surface area contributed by atoms with Gasteiger partial charge in [-0.05, 0) is 0 Å². The fourth-order valence-corrected chi connectivity index (χ4v) is 0.943. The number of hydrazine groups is 1. The topological polar surface area (TPSA) is 44.4 Å². The van der Waals surface area contributed by atoms with Crippen LogP contribution in [0.15, 0.2) is 0 Å². The molecule has 10 heavy (non-hydrogen) atoms. The van der Waals surface area contributed by atoms with E-state index in [0.717, 1.165) is 26.2 Å². The number of carbonyl (C=O) groups is 1. The molecule has 0 aromatic carbocycles. The van der Waals surface area contributed by atoms with Crippen LogP contribution in [0.2, 0.25) is 0 Å². The highest BCUT2D eigenvalue weighted by Crippen LogP contribution is 1.84. The van der Waals surface area contributed by atoms with Crippen molar-refractivity contribution in [3.63, 3.8) is 0 Å². The molecule has 0 radical (unpaired) electrons. The summed E-state index contributed by atoms with van der Waals surface area (Å²) in [6.45, 7) is 4.98.